The zero-order chi connectivity index (χ0) is 22.1. The normalized spacial score (nSPS) is 10.9. The molecule has 0 atom stereocenters. The molecule has 0 aliphatic heterocycles. The molecular weight excluding hydrogens is 405 g/mol. The number of hydrogen-bond acceptors (Lipinski definition) is 8. The fraction of sp³-hybridized carbons (Fsp3) is 0.190. The van der Waals surface area contributed by atoms with Gasteiger partial charge in [0.05, 0.1) is 19.7 Å². The molecule has 0 spiro atoms. The standard InChI is InChI=1S/C21H20FN5O4/c1-10-5-12(8-16(29-3)17(10)30-4)25-20-23-9-11(2)19(27-20)24-13-6-14(22)18-15(7-13)26-21(28)31-18/h5-9H,1-4H3,(H,26,28)(H2,23,24,25,27). The number of rotatable bonds is 6. The quantitative estimate of drug-likeness (QED) is 0.422. The smallest absolute Gasteiger partial charge is 0.417 e. The van der Waals surface area contributed by atoms with Crippen LogP contribution in [0.25, 0.3) is 11.1 Å². The van der Waals surface area contributed by atoms with E-state index in [-0.39, 0.29) is 11.1 Å². The molecule has 2 heterocycles. The number of methoxy groups -OCH3 is 2. The van der Waals surface area contributed by atoms with Gasteiger partial charge in [0.2, 0.25) is 5.95 Å². The van der Waals surface area contributed by atoms with E-state index in [1.165, 1.54) is 6.07 Å². The van der Waals surface area contributed by atoms with Gasteiger partial charge in [-0.3, -0.25) is 4.98 Å². The van der Waals surface area contributed by atoms with Crippen LogP contribution in [-0.4, -0.2) is 29.2 Å². The van der Waals surface area contributed by atoms with Crippen LogP contribution >= 0.6 is 0 Å². The summed E-state index contributed by atoms with van der Waals surface area (Å²) in [5, 5.41) is 6.19. The monoisotopic (exact) mass is 425 g/mol. The minimum absolute atomic E-state index is 0.124. The molecule has 0 aliphatic carbocycles. The first-order valence-corrected chi connectivity index (χ1v) is 9.30. The lowest BCUT2D eigenvalue weighted by Gasteiger charge is -2.14. The highest BCUT2D eigenvalue weighted by Crippen LogP contribution is 2.35. The number of ether oxygens (including phenoxy) is 2. The first kappa shape index (κ1) is 20.2. The molecule has 0 unspecified atom stereocenters. The molecule has 0 amide bonds. The first-order valence-electron chi connectivity index (χ1n) is 9.30. The fourth-order valence-corrected chi connectivity index (χ4v) is 3.21. The maximum Gasteiger partial charge on any atom is 0.417 e. The van der Waals surface area contributed by atoms with Gasteiger partial charge in [-0.1, -0.05) is 0 Å². The van der Waals surface area contributed by atoms with Crippen LogP contribution in [0.3, 0.4) is 0 Å². The summed E-state index contributed by atoms with van der Waals surface area (Å²) in [6.07, 6.45) is 1.64. The minimum atomic E-state index is -0.721. The number of oxazole rings is 1. The molecule has 160 valence electrons. The van der Waals surface area contributed by atoms with Crippen molar-refractivity contribution in [1.82, 2.24) is 15.0 Å². The zero-order valence-electron chi connectivity index (χ0n) is 17.3. The number of aromatic nitrogens is 3. The van der Waals surface area contributed by atoms with Gasteiger partial charge in [0.1, 0.15) is 5.82 Å². The number of nitrogens with one attached hydrogen (secondary N) is 3. The third-order valence-corrected chi connectivity index (χ3v) is 4.63. The number of benzene rings is 2. The zero-order valence-corrected chi connectivity index (χ0v) is 17.3. The molecule has 0 radical (unpaired) electrons. The van der Waals surface area contributed by atoms with Crippen molar-refractivity contribution in [3.63, 3.8) is 0 Å². The van der Waals surface area contributed by atoms with Crippen LogP contribution in [0.2, 0.25) is 0 Å². The Hall–Kier alpha value is -4.08. The van der Waals surface area contributed by atoms with Crippen LogP contribution in [0, 0.1) is 19.7 Å². The van der Waals surface area contributed by atoms with Gasteiger partial charge < -0.3 is 24.5 Å². The van der Waals surface area contributed by atoms with Crippen molar-refractivity contribution in [1.29, 1.82) is 0 Å². The number of aryl methyl sites for hydroxylation is 2. The van der Waals surface area contributed by atoms with Crippen LogP contribution in [0.1, 0.15) is 11.1 Å². The Bertz CT molecular complexity index is 1330. The van der Waals surface area contributed by atoms with E-state index < -0.39 is 11.6 Å². The number of nitrogens with zero attached hydrogens (tertiary/aromatic N) is 2. The second-order valence-corrected chi connectivity index (χ2v) is 6.85. The summed E-state index contributed by atoms with van der Waals surface area (Å²) in [7, 11) is 3.15. The van der Waals surface area contributed by atoms with Crippen molar-refractivity contribution in [2.45, 2.75) is 13.8 Å². The van der Waals surface area contributed by atoms with Crippen molar-refractivity contribution >= 4 is 34.2 Å². The summed E-state index contributed by atoms with van der Waals surface area (Å²) in [6.45, 7) is 3.72. The van der Waals surface area contributed by atoms with Crippen molar-refractivity contribution in [2.75, 3.05) is 24.9 Å². The van der Waals surface area contributed by atoms with Crippen molar-refractivity contribution in [3.8, 4) is 11.5 Å². The molecule has 10 heteroatoms. The van der Waals surface area contributed by atoms with Crippen LogP contribution < -0.4 is 25.9 Å². The lowest BCUT2D eigenvalue weighted by Crippen LogP contribution is -2.04. The number of fused-ring (bicyclic) bond motifs is 1. The Kier molecular flexibility index (Phi) is 5.20. The molecular formula is C21H20FN5O4. The highest BCUT2D eigenvalue weighted by molar-refractivity contribution is 5.79. The maximum absolute atomic E-state index is 14.2. The van der Waals surface area contributed by atoms with Gasteiger partial charge in [-0.25, -0.2) is 14.2 Å². The Morgan fingerprint density at radius 1 is 1.03 bits per heavy atom. The highest BCUT2D eigenvalue weighted by atomic mass is 19.1. The first-order chi connectivity index (χ1) is 14.9. The van der Waals surface area contributed by atoms with E-state index in [9.17, 15) is 9.18 Å². The SMILES string of the molecule is COc1cc(Nc2ncc(C)c(Nc3cc(F)c4oc(=O)[nH]c4c3)n2)cc(C)c1OC. The van der Waals surface area contributed by atoms with Gasteiger partial charge in [-0.05, 0) is 31.5 Å². The number of hydrogen-bond donors (Lipinski definition) is 3. The van der Waals surface area contributed by atoms with Gasteiger partial charge >= 0.3 is 5.76 Å². The van der Waals surface area contributed by atoms with E-state index in [4.69, 9.17) is 13.9 Å². The molecule has 2 aromatic heterocycles. The van der Waals surface area contributed by atoms with Crippen LogP contribution in [0.4, 0.5) is 27.5 Å². The molecule has 3 N–H and O–H groups in total. The molecule has 0 bridgehead atoms. The van der Waals surface area contributed by atoms with Crippen LogP contribution in [-0.2, 0) is 0 Å². The summed E-state index contributed by atoms with van der Waals surface area (Å²) < 4.78 is 29.8. The lowest BCUT2D eigenvalue weighted by molar-refractivity contribution is 0.353. The third kappa shape index (κ3) is 4.00. The van der Waals surface area contributed by atoms with E-state index in [2.05, 4.69) is 25.6 Å². The van der Waals surface area contributed by atoms with E-state index in [0.29, 0.717) is 34.6 Å². The Morgan fingerprint density at radius 3 is 2.55 bits per heavy atom. The molecule has 0 aliphatic rings. The maximum atomic E-state index is 14.2. The summed E-state index contributed by atoms with van der Waals surface area (Å²) in [4.78, 5) is 22.6. The molecule has 0 saturated carbocycles. The van der Waals surface area contributed by atoms with Crippen LogP contribution in [0.5, 0.6) is 11.5 Å². The average Bonchev–Trinajstić information content (AvgIpc) is 3.11. The molecule has 4 aromatic rings. The highest BCUT2D eigenvalue weighted by Gasteiger charge is 2.13. The largest absolute Gasteiger partial charge is 0.493 e. The second-order valence-electron chi connectivity index (χ2n) is 6.85. The van der Waals surface area contributed by atoms with Gasteiger partial charge in [0, 0.05) is 35.3 Å². The Balaban J connectivity index is 1.64. The topological polar surface area (TPSA) is 114 Å². The molecule has 4 rings (SSSR count). The Morgan fingerprint density at radius 2 is 1.81 bits per heavy atom. The average molecular weight is 425 g/mol. The Labute approximate surface area is 176 Å². The predicted octanol–water partition coefficient (Wildman–Crippen LogP) is 4.17. The second kappa shape index (κ2) is 7.98. The van der Waals surface area contributed by atoms with Gasteiger partial charge in [-0.15, -0.1) is 0 Å². The van der Waals surface area contributed by atoms with E-state index in [1.54, 1.807) is 32.5 Å². The van der Waals surface area contributed by atoms with E-state index in [1.807, 2.05) is 19.9 Å². The van der Waals surface area contributed by atoms with Crippen molar-refractivity contribution in [3.05, 3.63) is 58.0 Å². The number of anilines is 4. The fourth-order valence-electron chi connectivity index (χ4n) is 3.21. The van der Waals surface area contributed by atoms with Crippen LogP contribution in [0.15, 0.2) is 39.7 Å². The molecule has 31 heavy (non-hydrogen) atoms. The lowest BCUT2D eigenvalue weighted by atomic mass is 10.2. The summed E-state index contributed by atoms with van der Waals surface area (Å²) in [5.41, 5.74) is 2.87. The van der Waals surface area contributed by atoms with Crippen molar-refractivity contribution < 1.29 is 18.3 Å². The van der Waals surface area contributed by atoms with Gasteiger partial charge in [0.15, 0.2) is 22.9 Å². The van der Waals surface area contributed by atoms with Gasteiger partial charge in [0.25, 0.3) is 0 Å². The summed E-state index contributed by atoms with van der Waals surface area (Å²) in [6, 6.07) is 6.46. The number of aromatic amines is 1. The molecule has 0 saturated heterocycles. The van der Waals surface area contributed by atoms with E-state index >= 15 is 0 Å². The summed E-state index contributed by atoms with van der Waals surface area (Å²) in [5.74, 6) is 0.644. The minimum Gasteiger partial charge on any atom is -0.493 e. The molecule has 2 aromatic carbocycles. The van der Waals surface area contributed by atoms with Crippen molar-refractivity contribution in [2.24, 2.45) is 0 Å². The number of H-pyrrole nitrogens is 1. The van der Waals surface area contributed by atoms with E-state index in [0.717, 1.165) is 11.1 Å². The summed E-state index contributed by atoms with van der Waals surface area (Å²) >= 11 is 0. The number of halogens is 1. The predicted molar refractivity (Wildman–Crippen MR) is 114 cm³/mol. The third-order valence-electron chi connectivity index (χ3n) is 4.63. The molecule has 9 nitrogen and oxygen atoms in total. The van der Waals surface area contributed by atoms with Gasteiger partial charge in [-0.2, -0.15) is 4.98 Å². The molecule has 0 fully saturated rings.